The Kier molecular flexibility index (Phi) is 5.91. The minimum Gasteiger partial charge on any atom is -0.369 e. The van der Waals surface area contributed by atoms with E-state index in [1.54, 1.807) is 0 Å². The van der Waals surface area contributed by atoms with Crippen molar-refractivity contribution in [1.29, 1.82) is 0 Å². The third kappa shape index (κ3) is 4.19. The van der Waals surface area contributed by atoms with Gasteiger partial charge in [0, 0.05) is 23.1 Å². The van der Waals surface area contributed by atoms with Gasteiger partial charge in [-0.05, 0) is 29.3 Å². The van der Waals surface area contributed by atoms with E-state index in [2.05, 4.69) is 99.7 Å². The van der Waals surface area contributed by atoms with Crippen molar-refractivity contribution in [1.82, 2.24) is 4.57 Å². The van der Waals surface area contributed by atoms with Gasteiger partial charge in [-0.25, -0.2) is 0 Å². The van der Waals surface area contributed by atoms with E-state index in [9.17, 15) is 0 Å². The molecule has 1 heterocycles. The second kappa shape index (κ2) is 9.46. The van der Waals surface area contributed by atoms with E-state index in [0.717, 1.165) is 44.7 Å². The summed E-state index contributed by atoms with van der Waals surface area (Å²) in [5.41, 5.74) is 18.6. The fourth-order valence-corrected chi connectivity index (χ4v) is 4.33. The van der Waals surface area contributed by atoms with Crippen molar-refractivity contribution in [2.45, 2.75) is 6.42 Å². The largest absolute Gasteiger partial charge is 0.369 e. The van der Waals surface area contributed by atoms with Crippen LogP contribution in [0.2, 0.25) is 0 Å². The number of guanidine groups is 1. The first-order valence-electron chi connectivity index (χ1n) is 11.2. The molecule has 166 valence electrons. The third-order valence-electron chi connectivity index (χ3n) is 5.73. The van der Waals surface area contributed by atoms with Crippen LogP contribution in [-0.2, 0) is 6.42 Å². The molecule has 0 aliphatic rings. The van der Waals surface area contributed by atoms with Crippen LogP contribution in [0.15, 0.2) is 125 Å². The molecule has 0 aliphatic heterocycles. The summed E-state index contributed by atoms with van der Waals surface area (Å²) in [7, 11) is 0. The second-order valence-corrected chi connectivity index (χ2v) is 8.01. The first-order valence-corrected chi connectivity index (χ1v) is 11.2. The second-order valence-electron chi connectivity index (χ2n) is 8.01. The van der Waals surface area contributed by atoms with E-state index < -0.39 is 0 Å². The molecular formula is C29H25N5. The molecule has 0 radical (unpaired) electrons. The summed E-state index contributed by atoms with van der Waals surface area (Å²) in [6, 6.07) is 39.4. The van der Waals surface area contributed by atoms with Crippen LogP contribution in [0, 0.1) is 0 Å². The Morgan fingerprint density at radius 2 is 1.24 bits per heavy atom. The first-order chi connectivity index (χ1) is 16.7. The highest BCUT2D eigenvalue weighted by molar-refractivity contribution is 6.17. The molecule has 5 nitrogen and oxygen atoms in total. The van der Waals surface area contributed by atoms with E-state index >= 15 is 0 Å². The van der Waals surface area contributed by atoms with Gasteiger partial charge in [-0.15, -0.1) is 5.10 Å². The lowest BCUT2D eigenvalue weighted by atomic mass is 9.96. The normalized spacial score (nSPS) is 11.5. The van der Waals surface area contributed by atoms with Crippen LogP contribution in [0.1, 0.15) is 11.1 Å². The minimum atomic E-state index is -0.0707. The Hall–Kier alpha value is -4.64. The number of para-hydroxylation sites is 2. The lowest BCUT2D eigenvalue weighted by Crippen LogP contribution is -2.22. The van der Waals surface area contributed by atoms with Crippen molar-refractivity contribution in [2.24, 2.45) is 21.7 Å². The molecule has 0 fully saturated rings. The number of hydrogen-bond donors (Lipinski definition) is 2. The molecular weight excluding hydrogens is 418 g/mol. The predicted octanol–water partition coefficient (Wildman–Crippen LogP) is 5.52. The highest BCUT2D eigenvalue weighted by Crippen LogP contribution is 2.37. The SMILES string of the molecule is NC(N)=N/N=C(/Cc1ccccc1)c1c(-c2ccccc2)n(-c2ccccc2)c2ccccc12. The maximum absolute atomic E-state index is 5.69. The average molecular weight is 444 g/mol. The van der Waals surface area contributed by atoms with Gasteiger partial charge < -0.3 is 16.0 Å². The highest BCUT2D eigenvalue weighted by atomic mass is 15.3. The third-order valence-corrected chi connectivity index (χ3v) is 5.73. The zero-order chi connectivity index (χ0) is 23.3. The molecule has 0 aliphatic carbocycles. The Morgan fingerprint density at radius 1 is 0.647 bits per heavy atom. The number of benzene rings is 4. The maximum Gasteiger partial charge on any atom is 0.211 e. The van der Waals surface area contributed by atoms with Crippen LogP contribution in [0.4, 0.5) is 0 Å². The van der Waals surface area contributed by atoms with Gasteiger partial charge in [-0.2, -0.15) is 5.10 Å². The number of aromatic nitrogens is 1. The highest BCUT2D eigenvalue weighted by Gasteiger charge is 2.23. The van der Waals surface area contributed by atoms with Crippen molar-refractivity contribution >= 4 is 22.6 Å². The Balaban J connectivity index is 1.87. The molecule has 4 aromatic carbocycles. The van der Waals surface area contributed by atoms with Crippen LogP contribution in [0.3, 0.4) is 0 Å². The first kappa shape index (κ1) is 21.2. The minimum absolute atomic E-state index is 0.0707. The van der Waals surface area contributed by atoms with Crippen LogP contribution in [0.25, 0.3) is 27.8 Å². The Morgan fingerprint density at radius 3 is 1.91 bits per heavy atom. The lowest BCUT2D eigenvalue weighted by Gasteiger charge is -2.14. The van der Waals surface area contributed by atoms with Gasteiger partial charge >= 0.3 is 0 Å². The standard InChI is InChI=1S/C29H25N5/c30-29(31)33-32-25(20-21-12-4-1-5-13-21)27-24-18-10-11-19-26(24)34(23-16-8-3-9-17-23)28(27)22-14-6-2-7-15-22/h1-19H,20H2,(H4,30,31,33)/b32-25-. The summed E-state index contributed by atoms with van der Waals surface area (Å²) < 4.78 is 2.29. The van der Waals surface area contributed by atoms with Crippen molar-refractivity contribution in [3.8, 4) is 16.9 Å². The zero-order valence-electron chi connectivity index (χ0n) is 18.7. The maximum atomic E-state index is 5.69. The molecule has 5 heteroatoms. The molecule has 0 atom stereocenters. The topological polar surface area (TPSA) is 81.7 Å². The fraction of sp³-hybridized carbons (Fsp3) is 0.0345. The summed E-state index contributed by atoms with van der Waals surface area (Å²) in [6.07, 6.45) is 0.584. The predicted molar refractivity (Wildman–Crippen MR) is 141 cm³/mol. The molecule has 5 rings (SSSR count). The van der Waals surface area contributed by atoms with Crippen LogP contribution in [0.5, 0.6) is 0 Å². The van der Waals surface area contributed by atoms with Crippen LogP contribution in [-0.4, -0.2) is 16.2 Å². The fourth-order valence-electron chi connectivity index (χ4n) is 4.33. The molecule has 0 amide bonds. The van der Waals surface area contributed by atoms with Crippen LogP contribution >= 0.6 is 0 Å². The zero-order valence-corrected chi connectivity index (χ0v) is 18.7. The van der Waals surface area contributed by atoms with Gasteiger partial charge in [0.1, 0.15) is 0 Å². The monoisotopic (exact) mass is 443 g/mol. The number of hydrogen-bond acceptors (Lipinski definition) is 2. The molecule has 0 saturated carbocycles. The summed E-state index contributed by atoms with van der Waals surface area (Å²) in [4.78, 5) is 0. The Bertz CT molecular complexity index is 1460. The molecule has 5 aromatic rings. The number of rotatable bonds is 6. The van der Waals surface area contributed by atoms with Gasteiger partial charge in [0.2, 0.25) is 5.96 Å². The van der Waals surface area contributed by atoms with E-state index in [4.69, 9.17) is 11.5 Å². The van der Waals surface area contributed by atoms with Gasteiger partial charge in [-0.1, -0.05) is 97.1 Å². The summed E-state index contributed by atoms with van der Waals surface area (Å²) >= 11 is 0. The molecule has 0 saturated heterocycles. The molecule has 4 N–H and O–H groups in total. The van der Waals surface area contributed by atoms with Gasteiger partial charge in [0.25, 0.3) is 0 Å². The summed E-state index contributed by atoms with van der Waals surface area (Å²) in [5, 5.41) is 9.73. The quantitative estimate of drug-likeness (QED) is 0.206. The summed E-state index contributed by atoms with van der Waals surface area (Å²) in [6.45, 7) is 0. The van der Waals surface area contributed by atoms with Gasteiger partial charge in [0.05, 0.1) is 16.9 Å². The number of nitrogens with two attached hydrogens (primary N) is 2. The molecule has 0 unspecified atom stereocenters. The molecule has 0 spiro atoms. The van der Waals surface area contributed by atoms with Crippen molar-refractivity contribution in [3.05, 3.63) is 126 Å². The van der Waals surface area contributed by atoms with E-state index in [0.29, 0.717) is 6.42 Å². The average Bonchev–Trinajstić information content (AvgIpc) is 3.23. The molecule has 34 heavy (non-hydrogen) atoms. The van der Waals surface area contributed by atoms with Gasteiger partial charge in [0.15, 0.2) is 0 Å². The molecule has 1 aromatic heterocycles. The van der Waals surface area contributed by atoms with Crippen LogP contribution < -0.4 is 11.5 Å². The number of nitrogens with zero attached hydrogens (tertiary/aromatic N) is 3. The van der Waals surface area contributed by atoms with E-state index in [1.807, 2.05) is 30.3 Å². The van der Waals surface area contributed by atoms with Crippen molar-refractivity contribution in [3.63, 3.8) is 0 Å². The van der Waals surface area contributed by atoms with E-state index in [1.165, 1.54) is 0 Å². The Labute approximate surface area is 198 Å². The van der Waals surface area contributed by atoms with Crippen molar-refractivity contribution in [2.75, 3.05) is 0 Å². The van der Waals surface area contributed by atoms with Gasteiger partial charge in [-0.3, -0.25) is 0 Å². The smallest absolute Gasteiger partial charge is 0.211 e. The van der Waals surface area contributed by atoms with Crippen molar-refractivity contribution < 1.29 is 0 Å². The van der Waals surface area contributed by atoms with E-state index in [-0.39, 0.29) is 5.96 Å². The lowest BCUT2D eigenvalue weighted by molar-refractivity contribution is 1.12. The molecule has 0 bridgehead atoms. The summed E-state index contributed by atoms with van der Waals surface area (Å²) in [5.74, 6) is -0.0707. The number of fused-ring (bicyclic) bond motifs is 1.